The molecular formula is C27H28F3NO3. The van der Waals surface area contributed by atoms with Crippen molar-refractivity contribution in [2.75, 3.05) is 18.1 Å². The van der Waals surface area contributed by atoms with E-state index in [4.69, 9.17) is 9.84 Å². The Morgan fingerprint density at radius 3 is 2.62 bits per heavy atom. The Kier molecular flexibility index (Phi) is 8.57. The lowest BCUT2D eigenvalue weighted by Gasteiger charge is -2.33. The Morgan fingerprint density at radius 1 is 1.18 bits per heavy atom. The highest BCUT2D eigenvalue weighted by Crippen LogP contribution is 2.38. The van der Waals surface area contributed by atoms with E-state index in [1.54, 1.807) is 18.2 Å². The normalized spacial score (nSPS) is 14.2. The number of alkyl halides is 3. The number of aliphatic carboxylic acids is 1. The minimum absolute atomic E-state index is 0.0786. The summed E-state index contributed by atoms with van der Waals surface area (Å²) in [5.41, 5.74) is 3.10. The number of ether oxygens (including phenoxy) is 1. The number of halogens is 3. The quantitative estimate of drug-likeness (QED) is 0.398. The lowest BCUT2D eigenvalue weighted by Crippen LogP contribution is -2.29. The highest BCUT2D eigenvalue weighted by atomic mass is 19.4. The second kappa shape index (κ2) is 11.6. The number of carboxylic acid groups (broad SMARTS) is 1. The van der Waals surface area contributed by atoms with Gasteiger partial charge in [0.1, 0.15) is 12.4 Å². The molecule has 34 heavy (non-hydrogen) atoms. The van der Waals surface area contributed by atoms with E-state index in [0.29, 0.717) is 18.7 Å². The molecule has 0 radical (unpaired) electrons. The van der Waals surface area contributed by atoms with Gasteiger partial charge in [0.05, 0.1) is 11.3 Å². The van der Waals surface area contributed by atoms with Crippen LogP contribution in [0.15, 0.2) is 78.9 Å². The van der Waals surface area contributed by atoms with Crippen LogP contribution in [0.2, 0.25) is 0 Å². The van der Waals surface area contributed by atoms with Crippen LogP contribution in [0.25, 0.3) is 0 Å². The highest BCUT2D eigenvalue weighted by Gasteiger charge is 2.30. The van der Waals surface area contributed by atoms with Gasteiger partial charge in [-0.25, -0.2) is 0 Å². The first kappa shape index (κ1) is 25.1. The molecule has 0 unspecified atom stereocenters. The first-order valence-corrected chi connectivity index (χ1v) is 11.1. The average molecular weight is 472 g/mol. The lowest BCUT2D eigenvalue weighted by molar-refractivity contribution is -0.138. The lowest BCUT2D eigenvalue weighted by atomic mass is 10.00. The molecule has 0 aliphatic carbocycles. The summed E-state index contributed by atoms with van der Waals surface area (Å²) in [5, 5.41) is 8.70. The zero-order valence-corrected chi connectivity index (χ0v) is 18.9. The molecule has 4 nitrogen and oxygen atoms in total. The molecule has 0 aromatic heterocycles. The zero-order chi connectivity index (χ0) is 24.6. The van der Waals surface area contributed by atoms with Crippen molar-refractivity contribution in [2.24, 2.45) is 0 Å². The minimum atomic E-state index is -4.35. The fourth-order valence-electron chi connectivity index (χ4n) is 3.83. The van der Waals surface area contributed by atoms with Gasteiger partial charge in [0.25, 0.3) is 0 Å². The standard InChI is InChI=1S/C27H28F3NO3/c1-2-20(8-4-3-5-12-25(32)33)19-34-24-11-6-9-22-10-7-17-31(26(22)24)18-21-13-15-23(16-14-21)27(28,29)30/h2-4,6,8-9,11,13-16H,1,5,7,10,12,17-19H2,(H,32,33)/b4-3+,20-8+. The van der Waals surface area contributed by atoms with Crippen molar-refractivity contribution in [3.8, 4) is 5.75 Å². The minimum Gasteiger partial charge on any atom is -0.487 e. The molecule has 2 aromatic rings. The summed E-state index contributed by atoms with van der Waals surface area (Å²) in [6.45, 7) is 5.38. The van der Waals surface area contributed by atoms with Gasteiger partial charge in [0, 0.05) is 19.5 Å². The van der Waals surface area contributed by atoms with Crippen LogP contribution >= 0.6 is 0 Å². The van der Waals surface area contributed by atoms with Crippen LogP contribution in [-0.4, -0.2) is 24.2 Å². The van der Waals surface area contributed by atoms with Gasteiger partial charge in [0.15, 0.2) is 0 Å². The monoisotopic (exact) mass is 471 g/mol. The Hall–Kier alpha value is -3.48. The van der Waals surface area contributed by atoms with E-state index in [1.807, 2.05) is 18.2 Å². The average Bonchev–Trinajstić information content (AvgIpc) is 2.80. The van der Waals surface area contributed by atoms with Crippen molar-refractivity contribution in [2.45, 2.75) is 38.4 Å². The Balaban J connectivity index is 1.72. The molecule has 0 fully saturated rings. The predicted octanol–water partition coefficient (Wildman–Crippen LogP) is 6.57. The maximum atomic E-state index is 12.9. The van der Waals surface area contributed by atoms with Crippen molar-refractivity contribution >= 4 is 11.7 Å². The first-order chi connectivity index (χ1) is 16.3. The molecule has 180 valence electrons. The van der Waals surface area contributed by atoms with Crippen LogP contribution in [-0.2, 0) is 23.9 Å². The second-order valence-corrected chi connectivity index (χ2v) is 8.08. The largest absolute Gasteiger partial charge is 0.487 e. The van der Waals surface area contributed by atoms with Gasteiger partial charge >= 0.3 is 12.1 Å². The van der Waals surface area contributed by atoms with Crippen molar-refractivity contribution in [3.05, 3.63) is 95.6 Å². The molecule has 0 amide bonds. The Bertz CT molecular complexity index is 1060. The first-order valence-electron chi connectivity index (χ1n) is 11.1. The molecule has 1 heterocycles. The number of benzene rings is 2. The van der Waals surface area contributed by atoms with Crippen molar-refractivity contribution < 1.29 is 27.8 Å². The number of hydrogen-bond donors (Lipinski definition) is 1. The number of fused-ring (bicyclic) bond motifs is 1. The van der Waals surface area contributed by atoms with Gasteiger partial charge in [-0.2, -0.15) is 13.2 Å². The van der Waals surface area contributed by atoms with Gasteiger partial charge in [-0.05, 0) is 54.2 Å². The van der Waals surface area contributed by atoms with Gasteiger partial charge in [0.2, 0.25) is 0 Å². The predicted molar refractivity (Wildman–Crippen MR) is 127 cm³/mol. The number of anilines is 1. The van der Waals surface area contributed by atoms with Crippen molar-refractivity contribution in [1.29, 1.82) is 0 Å². The number of carbonyl (C=O) groups is 1. The Morgan fingerprint density at radius 2 is 1.94 bits per heavy atom. The van der Waals surface area contributed by atoms with E-state index in [2.05, 4.69) is 17.5 Å². The summed E-state index contributed by atoms with van der Waals surface area (Å²) < 4.78 is 44.8. The van der Waals surface area contributed by atoms with Gasteiger partial charge < -0.3 is 14.7 Å². The second-order valence-electron chi connectivity index (χ2n) is 8.08. The van der Waals surface area contributed by atoms with E-state index >= 15 is 0 Å². The maximum Gasteiger partial charge on any atom is 0.416 e. The summed E-state index contributed by atoms with van der Waals surface area (Å²) in [4.78, 5) is 12.7. The maximum absolute atomic E-state index is 12.9. The number of rotatable bonds is 10. The summed E-state index contributed by atoms with van der Waals surface area (Å²) in [5.74, 6) is -0.123. The number of allylic oxidation sites excluding steroid dienone is 3. The number of carboxylic acids is 1. The van der Waals surface area contributed by atoms with Gasteiger partial charge in [-0.15, -0.1) is 0 Å². The molecule has 0 saturated carbocycles. The SMILES string of the molecule is C=C/C(=C\C=C\CCC(=O)O)COc1cccc2c1N(Cc1ccc(C(F)(F)F)cc1)CCC2. The summed E-state index contributed by atoms with van der Waals surface area (Å²) in [7, 11) is 0. The third kappa shape index (κ3) is 7.01. The Labute approximate surface area is 197 Å². The third-order valence-corrected chi connectivity index (χ3v) is 5.56. The number of para-hydroxylation sites is 1. The van der Waals surface area contributed by atoms with Crippen LogP contribution in [0.3, 0.4) is 0 Å². The summed E-state index contributed by atoms with van der Waals surface area (Å²) >= 11 is 0. The summed E-state index contributed by atoms with van der Waals surface area (Å²) in [6.07, 6.45) is 5.15. The van der Waals surface area contributed by atoms with Crippen molar-refractivity contribution in [1.82, 2.24) is 0 Å². The molecule has 1 aliphatic rings. The van der Waals surface area contributed by atoms with Crippen LogP contribution in [0.1, 0.15) is 36.0 Å². The van der Waals surface area contributed by atoms with Crippen LogP contribution in [0, 0.1) is 0 Å². The van der Waals surface area contributed by atoms with E-state index in [1.165, 1.54) is 12.1 Å². The summed E-state index contributed by atoms with van der Waals surface area (Å²) in [6, 6.07) is 11.2. The fraction of sp³-hybridized carbons (Fsp3) is 0.296. The molecule has 1 aliphatic heterocycles. The number of nitrogens with zero attached hydrogens (tertiary/aromatic N) is 1. The molecule has 0 bridgehead atoms. The van der Waals surface area contributed by atoms with Crippen LogP contribution < -0.4 is 9.64 Å². The third-order valence-electron chi connectivity index (χ3n) is 5.56. The molecule has 2 aromatic carbocycles. The number of hydrogen-bond acceptors (Lipinski definition) is 3. The molecular weight excluding hydrogens is 443 g/mol. The molecule has 0 atom stereocenters. The fourth-order valence-corrected chi connectivity index (χ4v) is 3.83. The van der Waals surface area contributed by atoms with Gasteiger partial charge in [-0.3, -0.25) is 4.79 Å². The topological polar surface area (TPSA) is 49.8 Å². The van der Waals surface area contributed by atoms with E-state index < -0.39 is 17.7 Å². The number of aryl methyl sites for hydroxylation is 1. The molecule has 3 rings (SSSR count). The van der Waals surface area contributed by atoms with E-state index in [9.17, 15) is 18.0 Å². The zero-order valence-electron chi connectivity index (χ0n) is 18.9. The van der Waals surface area contributed by atoms with Crippen molar-refractivity contribution in [3.63, 3.8) is 0 Å². The van der Waals surface area contributed by atoms with Gasteiger partial charge in [-0.1, -0.05) is 55.1 Å². The van der Waals surface area contributed by atoms with Crippen LogP contribution in [0.4, 0.5) is 18.9 Å². The highest BCUT2D eigenvalue weighted by molar-refractivity contribution is 5.67. The molecule has 0 spiro atoms. The van der Waals surface area contributed by atoms with E-state index in [0.717, 1.165) is 53.9 Å². The van der Waals surface area contributed by atoms with E-state index in [-0.39, 0.29) is 13.0 Å². The molecule has 1 N–H and O–H groups in total. The smallest absolute Gasteiger partial charge is 0.416 e. The molecule has 0 saturated heterocycles. The molecule has 7 heteroatoms. The van der Waals surface area contributed by atoms with Crippen LogP contribution in [0.5, 0.6) is 5.75 Å².